The number of hydrogen-bond donors (Lipinski definition) is 2. The number of rotatable bonds is 5. The molecule has 0 aliphatic heterocycles. The SMILES string of the molecule is O=C(CSc1nc2ccccc2[nH]1)Nc1nnc(-c2ccccc2Cl)s1. The van der Waals surface area contributed by atoms with Crippen LogP contribution in [0.1, 0.15) is 0 Å². The Balaban J connectivity index is 1.38. The van der Waals surface area contributed by atoms with Crippen LogP contribution in [-0.4, -0.2) is 31.8 Å². The maximum Gasteiger partial charge on any atom is 0.236 e. The minimum Gasteiger partial charge on any atom is -0.333 e. The molecule has 2 aromatic heterocycles. The molecule has 26 heavy (non-hydrogen) atoms. The summed E-state index contributed by atoms with van der Waals surface area (Å²) in [6, 6.07) is 15.1. The lowest BCUT2D eigenvalue weighted by Gasteiger charge is -1.99. The van der Waals surface area contributed by atoms with E-state index < -0.39 is 0 Å². The first-order valence-corrected chi connectivity index (χ1v) is 9.83. The van der Waals surface area contributed by atoms with Crippen LogP contribution in [0.4, 0.5) is 5.13 Å². The summed E-state index contributed by atoms with van der Waals surface area (Å²) in [4.78, 5) is 19.8. The van der Waals surface area contributed by atoms with Crippen molar-refractivity contribution < 1.29 is 4.79 Å². The summed E-state index contributed by atoms with van der Waals surface area (Å²) in [5, 5.41) is 13.3. The zero-order chi connectivity index (χ0) is 17.9. The van der Waals surface area contributed by atoms with Crippen LogP contribution >= 0.6 is 34.7 Å². The van der Waals surface area contributed by atoms with E-state index in [-0.39, 0.29) is 11.7 Å². The van der Waals surface area contributed by atoms with Crippen molar-refractivity contribution in [3.63, 3.8) is 0 Å². The number of nitrogens with one attached hydrogen (secondary N) is 2. The standard InChI is InChI=1S/C17H12ClN5OS2/c18-11-6-2-1-5-10(11)15-22-23-17(26-15)21-14(24)9-25-16-19-12-7-3-4-8-13(12)20-16/h1-8H,9H2,(H,19,20)(H,21,23,24). The summed E-state index contributed by atoms with van der Waals surface area (Å²) in [6.07, 6.45) is 0. The molecule has 0 spiro atoms. The Morgan fingerprint density at radius 3 is 2.81 bits per heavy atom. The van der Waals surface area contributed by atoms with Gasteiger partial charge in [-0.1, -0.05) is 65.0 Å². The highest BCUT2D eigenvalue weighted by atomic mass is 35.5. The van der Waals surface area contributed by atoms with Gasteiger partial charge < -0.3 is 4.98 Å². The summed E-state index contributed by atoms with van der Waals surface area (Å²) in [7, 11) is 0. The van der Waals surface area contributed by atoms with Crippen molar-refractivity contribution in [1.82, 2.24) is 20.2 Å². The van der Waals surface area contributed by atoms with E-state index in [1.165, 1.54) is 23.1 Å². The summed E-state index contributed by atoms with van der Waals surface area (Å²) in [5.74, 6) is 0.0539. The Bertz CT molecular complexity index is 1040. The zero-order valence-electron chi connectivity index (χ0n) is 13.3. The Morgan fingerprint density at radius 1 is 1.15 bits per heavy atom. The zero-order valence-corrected chi connectivity index (χ0v) is 15.7. The number of benzene rings is 2. The molecule has 2 N–H and O–H groups in total. The van der Waals surface area contributed by atoms with Gasteiger partial charge in [0, 0.05) is 5.56 Å². The molecule has 4 aromatic rings. The van der Waals surface area contributed by atoms with Gasteiger partial charge in [-0.15, -0.1) is 10.2 Å². The maximum atomic E-state index is 12.2. The van der Waals surface area contributed by atoms with Crippen molar-refractivity contribution in [2.24, 2.45) is 0 Å². The molecule has 0 unspecified atom stereocenters. The summed E-state index contributed by atoms with van der Waals surface area (Å²) >= 11 is 8.78. The number of halogens is 1. The molecule has 0 saturated heterocycles. The van der Waals surface area contributed by atoms with Gasteiger partial charge in [-0.05, 0) is 18.2 Å². The number of aromatic amines is 1. The second-order valence-corrected chi connectivity index (χ2v) is 7.64. The Labute approximate surface area is 162 Å². The molecule has 0 saturated carbocycles. The molecule has 1 amide bonds. The number of hydrogen-bond acceptors (Lipinski definition) is 6. The quantitative estimate of drug-likeness (QED) is 0.482. The molecule has 0 radical (unpaired) electrons. The highest BCUT2D eigenvalue weighted by Gasteiger charge is 2.12. The van der Waals surface area contributed by atoms with Crippen molar-refractivity contribution >= 4 is 56.8 Å². The Morgan fingerprint density at radius 2 is 1.96 bits per heavy atom. The molecule has 0 bridgehead atoms. The molecule has 0 aliphatic carbocycles. The predicted molar refractivity (Wildman–Crippen MR) is 106 cm³/mol. The van der Waals surface area contributed by atoms with Crippen molar-refractivity contribution in [3.8, 4) is 10.6 Å². The predicted octanol–water partition coefficient (Wildman–Crippen LogP) is 4.47. The Kier molecular flexibility index (Phi) is 4.87. The van der Waals surface area contributed by atoms with Crippen LogP contribution in [0.25, 0.3) is 21.6 Å². The second kappa shape index (κ2) is 7.45. The minimum absolute atomic E-state index is 0.169. The molecular formula is C17H12ClN5OS2. The van der Waals surface area contributed by atoms with Crippen LogP contribution in [0.5, 0.6) is 0 Å². The van der Waals surface area contributed by atoms with E-state index in [0.29, 0.717) is 20.3 Å². The number of fused-ring (bicyclic) bond motifs is 1. The van der Waals surface area contributed by atoms with Crippen molar-refractivity contribution in [2.45, 2.75) is 5.16 Å². The van der Waals surface area contributed by atoms with E-state index in [2.05, 4.69) is 25.5 Å². The van der Waals surface area contributed by atoms with Gasteiger partial charge in [0.15, 0.2) is 10.2 Å². The normalized spacial score (nSPS) is 11.0. The van der Waals surface area contributed by atoms with Crippen molar-refractivity contribution in [1.29, 1.82) is 0 Å². The molecule has 4 rings (SSSR count). The number of para-hydroxylation sites is 2. The molecule has 2 heterocycles. The molecule has 0 fully saturated rings. The molecular weight excluding hydrogens is 390 g/mol. The van der Waals surface area contributed by atoms with Gasteiger partial charge in [-0.2, -0.15) is 0 Å². The molecule has 0 aliphatic rings. The van der Waals surface area contributed by atoms with Gasteiger partial charge in [0.2, 0.25) is 11.0 Å². The number of aromatic nitrogens is 4. The van der Waals surface area contributed by atoms with Gasteiger partial charge in [-0.25, -0.2) is 4.98 Å². The van der Waals surface area contributed by atoms with E-state index in [1.54, 1.807) is 6.07 Å². The average Bonchev–Trinajstić information content (AvgIpc) is 3.27. The highest BCUT2D eigenvalue weighted by molar-refractivity contribution is 7.99. The van der Waals surface area contributed by atoms with Crippen LogP contribution in [0.3, 0.4) is 0 Å². The van der Waals surface area contributed by atoms with Crippen LogP contribution in [0.15, 0.2) is 53.7 Å². The van der Waals surface area contributed by atoms with E-state index >= 15 is 0 Å². The van der Waals surface area contributed by atoms with Gasteiger partial charge in [0.25, 0.3) is 0 Å². The highest BCUT2D eigenvalue weighted by Crippen LogP contribution is 2.31. The van der Waals surface area contributed by atoms with E-state index in [9.17, 15) is 4.79 Å². The summed E-state index contributed by atoms with van der Waals surface area (Å²) < 4.78 is 0. The minimum atomic E-state index is -0.169. The number of anilines is 1. The number of thioether (sulfide) groups is 1. The van der Waals surface area contributed by atoms with Gasteiger partial charge >= 0.3 is 0 Å². The number of nitrogens with zero attached hydrogens (tertiary/aromatic N) is 3. The van der Waals surface area contributed by atoms with Crippen LogP contribution < -0.4 is 5.32 Å². The number of amides is 1. The molecule has 2 aromatic carbocycles. The largest absolute Gasteiger partial charge is 0.333 e. The monoisotopic (exact) mass is 401 g/mol. The third-order valence-electron chi connectivity index (χ3n) is 3.48. The fourth-order valence-electron chi connectivity index (χ4n) is 2.30. The molecule has 6 nitrogen and oxygen atoms in total. The summed E-state index contributed by atoms with van der Waals surface area (Å²) in [6.45, 7) is 0. The molecule has 9 heteroatoms. The number of carbonyl (C=O) groups is 1. The molecule has 0 atom stereocenters. The number of imidazole rings is 1. The van der Waals surface area contributed by atoms with Crippen LogP contribution in [-0.2, 0) is 4.79 Å². The van der Waals surface area contributed by atoms with Crippen molar-refractivity contribution in [3.05, 3.63) is 53.6 Å². The Hall–Kier alpha value is -2.42. The maximum absolute atomic E-state index is 12.2. The molecule has 130 valence electrons. The first kappa shape index (κ1) is 17.0. The lowest BCUT2D eigenvalue weighted by atomic mass is 10.2. The number of carbonyl (C=O) groups excluding carboxylic acids is 1. The third kappa shape index (κ3) is 3.72. The van der Waals surface area contributed by atoms with Gasteiger partial charge in [-0.3, -0.25) is 10.1 Å². The second-order valence-electron chi connectivity index (χ2n) is 5.29. The topological polar surface area (TPSA) is 83.6 Å². The lowest BCUT2D eigenvalue weighted by Crippen LogP contribution is -2.13. The van der Waals surface area contributed by atoms with Crippen molar-refractivity contribution in [2.75, 3.05) is 11.1 Å². The number of H-pyrrole nitrogens is 1. The average molecular weight is 402 g/mol. The van der Waals surface area contributed by atoms with Gasteiger partial charge in [0.1, 0.15) is 0 Å². The summed E-state index contributed by atoms with van der Waals surface area (Å²) in [5.41, 5.74) is 2.62. The van der Waals surface area contributed by atoms with E-state index in [1.807, 2.05) is 42.5 Å². The van der Waals surface area contributed by atoms with Crippen LogP contribution in [0, 0.1) is 0 Å². The lowest BCUT2D eigenvalue weighted by molar-refractivity contribution is -0.113. The fourth-order valence-corrected chi connectivity index (χ4v) is 4.07. The van der Waals surface area contributed by atoms with Crippen LogP contribution in [0.2, 0.25) is 5.02 Å². The van der Waals surface area contributed by atoms with Gasteiger partial charge in [0.05, 0.1) is 21.8 Å². The first-order valence-electron chi connectivity index (χ1n) is 7.65. The van der Waals surface area contributed by atoms with E-state index in [0.717, 1.165) is 16.6 Å². The smallest absolute Gasteiger partial charge is 0.236 e. The fraction of sp³-hybridized carbons (Fsp3) is 0.0588. The first-order chi connectivity index (χ1) is 12.7. The van der Waals surface area contributed by atoms with E-state index in [4.69, 9.17) is 11.6 Å². The third-order valence-corrected chi connectivity index (χ3v) is 5.56.